The van der Waals surface area contributed by atoms with Crippen molar-refractivity contribution >= 4 is 5.91 Å². The Bertz CT molecular complexity index is 193. The smallest absolute Gasteiger partial charge is 0.225 e. The average molecular weight is 184 g/mol. The maximum absolute atomic E-state index is 11.7. The first-order chi connectivity index (χ1) is 6.07. The molecule has 3 unspecified atom stereocenters. The van der Waals surface area contributed by atoms with Crippen LogP contribution in [0.4, 0.5) is 0 Å². The van der Waals surface area contributed by atoms with Crippen LogP contribution in [0.25, 0.3) is 0 Å². The van der Waals surface area contributed by atoms with Crippen molar-refractivity contribution in [1.29, 1.82) is 0 Å². The molecule has 3 nitrogen and oxygen atoms in total. The Kier molecular flexibility index (Phi) is 3.31. The van der Waals surface area contributed by atoms with E-state index in [4.69, 9.17) is 5.73 Å². The third kappa shape index (κ3) is 2.44. The second-order valence-corrected chi connectivity index (χ2v) is 4.19. The van der Waals surface area contributed by atoms with E-state index in [1.54, 1.807) is 0 Å². The second-order valence-electron chi connectivity index (χ2n) is 4.19. The topological polar surface area (TPSA) is 46.3 Å². The molecule has 0 spiro atoms. The molecule has 13 heavy (non-hydrogen) atoms. The Balaban J connectivity index is 2.37. The van der Waals surface area contributed by atoms with Crippen LogP contribution in [-0.2, 0) is 4.79 Å². The van der Waals surface area contributed by atoms with Crippen LogP contribution in [0.15, 0.2) is 0 Å². The summed E-state index contributed by atoms with van der Waals surface area (Å²) < 4.78 is 0. The maximum atomic E-state index is 11.7. The minimum Gasteiger partial charge on any atom is -0.343 e. The van der Waals surface area contributed by atoms with Crippen LogP contribution in [0, 0.1) is 11.8 Å². The highest BCUT2D eigenvalue weighted by Crippen LogP contribution is 2.39. The lowest BCUT2D eigenvalue weighted by Gasteiger charge is -2.24. The third-order valence-corrected chi connectivity index (χ3v) is 3.02. The number of carbonyl (C=O) groups excluding carboxylic acids is 1. The summed E-state index contributed by atoms with van der Waals surface area (Å²) in [5, 5.41) is 0. The molecule has 1 fully saturated rings. The largest absolute Gasteiger partial charge is 0.343 e. The number of amides is 1. The molecule has 1 aliphatic rings. The van der Waals surface area contributed by atoms with E-state index in [0.29, 0.717) is 24.3 Å². The van der Waals surface area contributed by atoms with Crippen molar-refractivity contribution in [3.05, 3.63) is 0 Å². The molecule has 0 aromatic carbocycles. The average Bonchev–Trinajstić information content (AvgIpc) is 2.80. The fourth-order valence-electron chi connectivity index (χ4n) is 1.58. The lowest BCUT2D eigenvalue weighted by Crippen LogP contribution is -2.37. The quantitative estimate of drug-likeness (QED) is 0.703. The first kappa shape index (κ1) is 10.5. The summed E-state index contributed by atoms with van der Waals surface area (Å²) in [5.74, 6) is 1.19. The molecule has 0 radical (unpaired) electrons. The van der Waals surface area contributed by atoms with Crippen molar-refractivity contribution in [2.24, 2.45) is 17.6 Å². The number of nitrogens with zero attached hydrogens (tertiary/aromatic N) is 1. The summed E-state index contributed by atoms with van der Waals surface area (Å²) in [5.41, 5.74) is 5.45. The van der Waals surface area contributed by atoms with Crippen LogP contribution >= 0.6 is 0 Å². The molecule has 0 heterocycles. The van der Waals surface area contributed by atoms with Gasteiger partial charge in [-0.25, -0.2) is 0 Å². The Morgan fingerprint density at radius 2 is 2.23 bits per heavy atom. The molecule has 1 rings (SSSR count). The van der Waals surface area contributed by atoms with Gasteiger partial charge < -0.3 is 10.6 Å². The standard InChI is InChI=1S/C10H20N2O/c1-7-6-9(7)10(13)12(3)8(2)4-5-11/h7-9H,4-6,11H2,1-3H3. The summed E-state index contributed by atoms with van der Waals surface area (Å²) >= 11 is 0. The molecule has 0 aromatic heterocycles. The van der Waals surface area contributed by atoms with Crippen molar-refractivity contribution in [1.82, 2.24) is 4.90 Å². The number of nitrogens with two attached hydrogens (primary N) is 1. The van der Waals surface area contributed by atoms with Gasteiger partial charge in [-0.05, 0) is 32.2 Å². The van der Waals surface area contributed by atoms with Gasteiger partial charge in [0.15, 0.2) is 0 Å². The molecule has 0 aromatic rings. The van der Waals surface area contributed by atoms with Crippen LogP contribution < -0.4 is 5.73 Å². The second kappa shape index (κ2) is 4.09. The fourth-order valence-corrected chi connectivity index (χ4v) is 1.58. The summed E-state index contributed by atoms with van der Waals surface area (Å²) in [7, 11) is 1.88. The Hall–Kier alpha value is -0.570. The van der Waals surface area contributed by atoms with Crippen LogP contribution in [-0.4, -0.2) is 30.4 Å². The lowest BCUT2D eigenvalue weighted by atomic mass is 10.2. The summed E-state index contributed by atoms with van der Waals surface area (Å²) in [6.45, 7) is 4.83. The van der Waals surface area contributed by atoms with Gasteiger partial charge >= 0.3 is 0 Å². The van der Waals surface area contributed by atoms with E-state index in [1.807, 2.05) is 11.9 Å². The molecule has 0 bridgehead atoms. The minimum atomic E-state index is 0.283. The van der Waals surface area contributed by atoms with Gasteiger partial charge in [-0.15, -0.1) is 0 Å². The highest BCUT2D eigenvalue weighted by Gasteiger charge is 2.41. The molecule has 0 aliphatic heterocycles. The molecular formula is C10H20N2O. The molecule has 76 valence electrons. The molecule has 1 aliphatic carbocycles. The summed E-state index contributed by atoms with van der Waals surface area (Å²) in [6.07, 6.45) is 1.96. The van der Waals surface area contributed by atoms with Crippen molar-refractivity contribution < 1.29 is 4.79 Å². The van der Waals surface area contributed by atoms with Crippen molar-refractivity contribution in [2.45, 2.75) is 32.7 Å². The Labute approximate surface area is 80.3 Å². The van der Waals surface area contributed by atoms with Crippen LogP contribution in [0.3, 0.4) is 0 Å². The first-order valence-corrected chi connectivity index (χ1v) is 5.04. The van der Waals surface area contributed by atoms with Gasteiger partial charge in [-0.1, -0.05) is 6.92 Å². The van der Waals surface area contributed by atoms with E-state index in [9.17, 15) is 4.79 Å². The predicted octanol–water partition coefficient (Wildman–Crippen LogP) is 0.838. The number of hydrogen-bond acceptors (Lipinski definition) is 2. The molecule has 3 heteroatoms. The van der Waals surface area contributed by atoms with Gasteiger partial charge in [0.25, 0.3) is 0 Å². The van der Waals surface area contributed by atoms with Crippen molar-refractivity contribution in [2.75, 3.05) is 13.6 Å². The monoisotopic (exact) mass is 184 g/mol. The Morgan fingerprint density at radius 3 is 2.62 bits per heavy atom. The molecule has 1 amide bonds. The molecule has 1 saturated carbocycles. The SMILES string of the molecule is CC1CC1C(=O)N(C)C(C)CCN. The zero-order chi connectivity index (χ0) is 10.0. The van der Waals surface area contributed by atoms with Crippen molar-refractivity contribution in [3.63, 3.8) is 0 Å². The van der Waals surface area contributed by atoms with E-state index in [2.05, 4.69) is 13.8 Å². The first-order valence-electron chi connectivity index (χ1n) is 5.04. The van der Waals surface area contributed by atoms with Gasteiger partial charge in [-0.2, -0.15) is 0 Å². The molecular weight excluding hydrogens is 164 g/mol. The summed E-state index contributed by atoms with van der Waals surface area (Å²) in [6, 6.07) is 0.283. The third-order valence-electron chi connectivity index (χ3n) is 3.02. The van der Waals surface area contributed by atoms with Gasteiger partial charge in [0.1, 0.15) is 0 Å². The van der Waals surface area contributed by atoms with Crippen LogP contribution in [0.2, 0.25) is 0 Å². The Morgan fingerprint density at radius 1 is 1.69 bits per heavy atom. The van der Waals surface area contributed by atoms with E-state index in [0.717, 1.165) is 12.8 Å². The van der Waals surface area contributed by atoms with E-state index in [-0.39, 0.29) is 6.04 Å². The number of hydrogen-bond donors (Lipinski definition) is 1. The van der Waals surface area contributed by atoms with Gasteiger partial charge in [0, 0.05) is 19.0 Å². The molecule has 0 saturated heterocycles. The maximum Gasteiger partial charge on any atom is 0.225 e. The number of rotatable bonds is 4. The van der Waals surface area contributed by atoms with Crippen LogP contribution in [0.1, 0.15) is 26.7 Å². The molecule has 2 N–H and O–H groups in total. The van der Waals surface area contributed by atoms with E-state index < -0.39 is 0 Å². The highest BCUT2D eigenvalue weighted by molar-refractivity contribution is 5.81. The van der Waals surface area contributed by atoms with Gasteiger partial charge in [0.05, 0.1) is 0 Å². The number of carbonyl (C=O) groups is 1. The normalized spacial score (nSPS) is 28.3. The van der Waals surface area contributed by atoms with E-state index >= 15 is 0 Å². The van der Waals surface area contributed by atoms with Crippen LogP contribution in [0.5, 0.6) is 0 Å². The predicted molar refractivity (Wildman–Crippen MR) is 53.2 cm³/mol. The van der Waals surface area contributed by atoms with E-state index in [1.165, 1.54) is 0 Å². The minimum absolute atomic E-state index is 0.283. The highest BCUT2D eigenvalue weighted by atomic mass is 16.2. The molecule has 3 atom stereocenters. The zero-order valence-electron chi connectivity index (χ0n) is 8.79. The van der Waals surface area contributed by atoms with Gasteiger partial charge in [-0.3, -0.25) is 4.79 Å². The lowest BCUT2D eigenvalue weighted by molar-refractivity contribution is -0.133. The fraction of sp³-hybridized carbons (Fsp3) is 0.900. The summed E-state index contributed by atoms with van der Waals surface area (Å²) in [4.78, 5) is 13.6. The van der Waals surface area contributed by atoms with Crippen molar-refractivity contribution in [3.8, 4) is 0 Å². The zero-order valence-corrected chi connectivity index (χ0v) is 8.79. The van der Waals surface area contributed by atoms with Gasteiger partial charge in [0.2, 0.25) is 5.91 Å².